The molecule has 2 aliphatic heterocycles. The highest BCUT2D eigenvalue weighted by atomic mass is 32.1. The Hall–Kier alpha value is -2.22. The first-order chi connectivity index (χ1) is 18.8. The number of thiophene rings is 1. The van der Waals surface area contributed by atoms with Gasteiger partial charge in [-0.2, -0.15) is 0 Å². The molecule has 0 radical (unpaired) electrons. The van der Waals surface area contributed by atoms with Crippen LogP contribution in [0, 0.1) is 17.8 Å². The fourth-order valence-electron chi connectivity index (χ4n) is 7.23. The smallest absolute Gasteiger partial charge is 0.264 e. The van der Waals surface area contributed by atoms with Gasteiger partial charge in [0.1, 0.15) is 0 Å². The number of likely N-dealkylation sites (tertiary alicyclic amines) is 1. The van der Waals surface area contributed by atoms with E-state index < -0.39 is 0 Å². The van der Waals surface area contributed by atoms with Crippen LogP contribution in [0.15, 0.2) is 41.8 Å². The summed E-state index contributed by atoms with van der Waals surface area (Å²) in [7, 11) is 0. The lowest BCUT2D eigenvalue weighted by Gasteiger charge is -2.42. The number of hydrogen-bond donors (Lipinski definition) is 0. The molecule has 2 amide bonds. The number of carbonyl (C=O) groups excluding carboxylic acids is 2. The van der Waals surface area contributed by atoms with Crippen molar-refractivity contribution in [2.75, 3.05) is 45.9 Å². The summed E-state index contributed by atoms with van der Waals surface area (Å²) in [4.78, 5) is 34.6. The summed E-state index contributed by atoms with van der Waals surface area (Å²) in [5.41, 5.74) is 2.11. The van der Waals surface area contributed by atoms with Gasteiger partial charge in [-0.25, -0.2) is 0 Å². The first-order valence-electron chi connectivity index (χ1n) is 14.9. The molecule has 0 bridgehead atoms. The van der Waals surface area contributed by atoms with Crippen LogP contribution in [0.25, 0.3) is 0 Å². The molecule has 6 rings (SSSR count). The van der Waals surface area contributed by atoms with Crippen LogP contribution < -0.4 is 0 Å². The fourth-order valence-corrected chi connectivity index (χ4v) is 7.90. The minimum atomic E-state index is 0.0816. The Morgan fingerprint density at radius 3 is 2.23 bits per heavy atom. The van der Waals surface area contributed by atoms with E-state index in [1.165, 1.54) is 5.56 Å². The number of rotatable bonds is 6. The number of fused-ring (bicyclic) bond motifs is 1. The molecular formula is C32H43N3O3S. The number of benzene rings is 1. The van der Waals surface area contributed by atoms with E-state index in [-0.39, 0.29) is 17.2 Å². The minimum absolute atomic E-state index is 0.0816. The number of hydrogen-bond acceptors (Lipinski definition) is 5. The number of nitrogens with zero attached hydrogens (tertiary/aromatic N) is 3. The highest BCUT2D eigenvalue weighted by Crippen LogP contribution is 2.52. The van der Waals surface area contributed by atoms with Crippen molar-refractivity contribution in [2.24, 2.45) is 17.8 Å². The zero-order valence-corrected chi connectivity index (χ0v) is 24.5. The Morgan fingerprint density at radius 1 is 0.974 bits per heavy atom. The Bertz CT molecular complexity index is 1130. The normalized spacial score (nSPS) is 29.2. The van der Waals surface area contributed by atoms with Crippen molar-refractivity contribution in [2.45, 2.75) is 64.0 Å². The summed E-state index contributed by atoms with van der Waals surface area (Å²) in [6, 6.07) is 13.0. The first kappa shape index (κ1) is 27.0. The van der Waals surface area contributed by atoms with Gasteiger partial charge in [-0.05, 0) is 78.0 Å². The summed E-state index contributed by atoms with van der Waals surface area (Å²) in [6.45, 7) is 12.8. The molecule has 6 nitrogen and oxygen atoms in total. The zero-order valence-electron chi connectivity index (χ0n) is 23.7. The van der Waals surface area contributed by atoms with E-state index in [9.17, 15) is 9.59 Å². The highest BCUT2D eigenvalue weighted by Gasteiger charge is 2.57. The summed E-state index contributed by atoms with van der Waals surface area (Å²) >= 11 is 1.55. The molecule has 39 heavy (non-hydrogen) atoms. The SMILES string of the molecule is CC(C)(C)c1ccc(C(=O)N2CC3C(C2)C3CN(C(=O)c2cccs2)C2CCC(N3CCOCC3)CC2)cc1. The predicted molar refractivity (Wildman–Crippen MR) is 155 cm³/mol. The Kier molecular flexibility index (Phi) is 7.60. The number of morpholine rings is 1. The van der Waals surface area contributed by atoms with Crippen molar-refractivity contribution in [3.8, 4) is 0 Å². The molecule has 2 unspecified atom stereocenters. The van der Waals surface area contributed by atoms with Gasteiger partial charge in [-0.3, -0.25) is 14.5 Å². The van der Waals surface area contributed by atoms with Gasteiger partial charge in [-0.1, -0.05) is 39.0 Å². The minimum Gasteiger partial charge on any atom is -0.379 e. The second-order valence-electron chi connectivity index (χ2n) is 13.1. The third-order valence-electron chi connectivity index (χ3n) is 9.73. The number of ether oxygens (including phenoxy) is 1. The lowest BCUT2D eigenvalue weighted by molar-refractivity contribution is 0.000971. The first-order valence-corrected chi connectivity index (χ1v) is 15.7. The fraction of sp³-hybridized carbons (Fsp3) is 0.625. The Labute approximate surface area is 237 Å². The average molecular weight is 550 g/mol. The van der Waals surface area contributed by atoms with Crippen LogP contribution in [0.1, 0.15) is 72.0 Å². The van der Waals surface area contributed by atoms with Crippen molar-refractivity contribution >= 4 is 23.2 Å². The maximum Gasteiger partial charge on any atom is 0.264 e. The third kappa shape index (κ3) is 5.68. The molecular weight excluding hydrogens is 506 g/mol. The van der Waals surface area contributed by atoms with Crippen LogP contribution in [0.4, 0.5) is 0 Å². The van der Waals surface area contributed by atoms with E-state index >= 15 is 0 Å². The van der Waals surface area contributed by atoms with Crippen molar-refractivity contribution < 1.29 is 14.3 Å². The molecule has 2 aromatic rings. The zero-order chi connectivity index (χ0) is 27.1. The topological polar surface area (TPSA) is 53.1 Å². The molecule has 0 spiro atoms. The molecule has 210 valence electrons. The molecule has 0 N–H and O–H groups in total. The van der Waals surface area contributed by atoms with Gasteiger partial charge in [-0.15, -0.1) is 11.3 Å². The number of amides is 2. The Balaban J connectivity index is 1.07. The predicted octanol–water partition coefficient (Wildman–Crippen LogP) is 5.15. The van der Waals surface area contributed by atoms with Crippen molar-refractivity contribution in [3.05, 3.63) is 57.8 Å². The maximum atomic E-state index is 13.7. The molecule has 4 aliphatic rings. The summed E-state index contributed by atoms with van der Waals surface area (Å²) in [5, 5.41) is 2.00. The van der Waals surface area contributed by atoms with Gasteiger partial charge >= 0.3 is 0 Å². The van der Waals surface area contributed by atoms with Crippen molar-refractivity contribution in [3.63, 3.8) is 0 Å². The van der Waals surface area contributed by atoms with Gasteiger partial charge in [0.15, 0.2) is 0 Å². The lowest BCUT2D eigenvalue weighted by atomic mass is 9.86. The largest absolute Gasteiger partial charge is 0.379 e. The van der Waals surface area contributed by atoms with Gasteiger partial charge in [0.25, 0.3) is 11.8 Å². The van der Waals surface area contributed by atoms with Gasteiger partial charge in [0.2, 0.25) is 0 Å². The molecule has 2 aliphatic carbocycles. The number of piperidine rings is 1. The van der Waals surface area contributed by atoms with Gasteiger partial charge in [0.05, 0.1) is 18.1 Å². The molecule has 7 heteroatoms. The van der Waals surface area contributed by atoms with E-state index in [0.717, 1.165) is 82.1 Å². The molecule has 2 saturated carbocycles. The molecule has 4 fully saturated rings. The van der Waals surface area contributed by atoms with Crippen LogP contribution in [0.3, 0.4) is 0 Å². The van der Waals surface area contributed by atoms with E-state index in [1.807, 2.05) is 34.5 Å². The van der Waals surface area contributed by atoms with Gasteiger partial charge < -0.3 is 14.5 Å². The average Bonchev–Trinajstić information content (AvgIpc) is 3.33. The standard InChI is InChI=1S/C32H43N3O3S/c1-32(2,3)23-8-6-22(7-9-23)30(36)34-19-26-27(20-34)28(26)21-35(31(37)29-5-4-18-39-29)25-12-10-24(11-13-25)33-14-16-38-17-15-33/h4-9,18,24-28H,10-17,19-21H2,1-3H3. The van der Waals surface area contributed by atoms with Crippen LogP contribution >= 0.6 is 11.3 Å². The monoisotopic (exact) mass is 549 g/mol. The van der Waals surface area contributed by atoms with Gasteiger partial charge in [0, 0.05) is 50.4 Å². The van der Waals surface area contributed by atoms with Crippen molar-refractivity contribution in [1.82, 2.24) is 14.7 Å². The highest BCUT2D eigenvalue weighted by molar-refractivity contribution is 7.12. The maximum absolute atomic E-state index is 13.7. The molecule has 1 aromatic carbocycles. The lowest BCUT2D eigenvalue weighted by Crippen LogP contribution is -2.49. The number of carbonyl (C=O) groups is 2. The molecule has 3 heterocycles. The van der Waals surface area contributed by atoms with Crippen LogP contribution in [-0.4, -0.2) is 84.5 Å². The van der Waals surface area contributed by atoms with Crippen LogP contribution in [-0.2, 0) is 10.2 Å². The van der Waals surface area contributed by atoms with Crippen molar-refractivity contribution in [1.29, 1.82) is 0 Å². The van der Waals surface area contributed by atoms with E-state index in [2.05, 4.69) is 42.7 Å². The van der Waals surface area contributed by atoms with E-state index in [0.29, 0.717) is 29.8 Å². The molecule has 1 aromatic heterocycles. The Morgan fingerprint density at radius 2 is 1.64 bits per heavy atom. The quantitative estimate of drug-likeness (QED) is 0.500. The molecule has 2 atom stereocenters. The third-order valence-corrected chi connectivity index (χ3v) is 10.6. The molecule has 2 saturated heterocycles. The summed E-state index contributed by atoms with van der Waals surface area (Å²) in [5.74, 6) is 1.90. The van der Waals surface area contributed by atoms with E-state index in [1.54, 1.807) is 11.3 Å². The second-order valence-corrected chi connectivity index (χ2v) is 14.0. The van der Waals surface area contributed by atoms with E-state index in [4.69, 9.17) is 4.74 Å². The van der Waals surface area contributed by atoms with Crippen LogP contribution in [0.2, 0.25) is 0 Å². The second kappa shape index (κ2) is 11.0. The summed E-state index contributed by atoms with van der Waals surface area (Å²) < 4.78 is 5.56. The summed E-state index contributed by atoms with van der Waals surface area (Å²) in [6.07, 6.45) is 4.48. The van der Waals surface area contributed by atoms with Crippen LogP contribution in [0.5, 0.6) is 0 Å².